The minimum atomic E-state index is -1.57. The number of para-hydroxylation sites is 2. The van der Waals surface area contributed by atoms with Gasteiger partial charge in [0.1, 0.15) is 0 Å². The number of carbonyl (C=O) groups is 2. The van der Waals surface area contributed by atoms with Crippen LogP contribution in [-0.4, -0.2) is 32.7 Å². The van der Waals surface area contributed by atoms with Crippen LogP contribution in [0.4, 0.5) is 11.4 Å². The van der Waals surface area contributed by atoms with E-state index in [4.69, 9.17) is 9.47 Å². The van der Waals surface area contributed by atoms with E-state index in [1.54, 1.807) is 0 Å². The molecular weight excluding hydrogens is 416 g/mol. The van der Waals surface area contributed by atoms with Crippen LogP contribution in [0, 0.1) is 12.3 Å². The third-order valence-corrected chi connectivity index (χ3v) is 5.67. The van der Waals surface area contributed by atoms with Gasteiger partial charge in [-0.05, 0) is 36.8 Å². The van der Waals surface area contributed by atoms with Gasteiger partial charge in [0.15, 0.2) is 5.41 Å². The summed E-state index contributed by atoms with van der Waals surface area (Å²) in [5.41, 5.74) is 2.16. The van der Waals surface area contributed by atoms with Gasteiger partial charge in [-0.15, -0.1) is 0 Å². The van der Waals surface area contributed by atoms with Gasteiger partial charge in [0.2, 0.25) is 0 Å². The first-order valence-corrected chi connectivity index (χ1v) is 10.8. The Morgan fingerprint density at radius 2 is 1.30 bits per heavy atom. The molecule has 0 aliphatic rings. The number of aryl methyl sites for hydroxylation is 1. The van der Waals surface area contributed by atoms with Crippen molar-refractivity contribution in [3.8, 4) is 0 Å². The van der Waals surface area contributed by atoms with Crippen LogP contribution in [-0.2, 0) is 19.1 Å². The average molecular weight is 447 g/mol. The van der Waals surface area contributed by atoms with Crippen molar-refractivity contribution in [3.05, 3.63) is 96.1 Å². The summed E-state index contributed by atoms with van der Waals surface area (Å²) >= 11 is 0. The molecule has 3 aromatic carbocycles. The fourth-order valence-electron chi connectivity index (χ4n) is 3.80. The van der Waals surface area contributed by atoms with E-state index in [0.29, 0.717) is 0 Å². The Labute approximate surface area is 194 Å². The largest absolute Gasteiger partial charge is 0.468 e. The van der Waals surface area contributed by atoms with Crippen molar-refractivity contribution in [2.45, 2.75) is 19.4 Å². The molecule has 0 heterocycles. The molecule has 0 saturated carbocycles. The molecule has 3 rings (SSSR count). The van der Waals surface area contributed by atoms with Gasteiger partial charge in [-0.3, -0.25) is 9.59 Å². The molecular formula is C27H30N2O4. The molecule has 0 amide bonds. The van der Waals surface area contributed by atoms with Crippen LogP contribution in [0.3, 0.4) is 0 Å². The van der Waals surface area contributed by atoms with Crippen molar-refractivity contribution in [2.75, 3.05) is 31.4 Å². The van der Waals surface area contributed by atoms with Crippen molar-refractivity contribution in [1.29, 1.82) is 0 Å². The number of ether oxygens (including phenoxy) is 2. The Balaban J connectivity index is 2.01. The van der Waals surface area contributed by atoms with E-state index in [1.807, 2.05) is 91.9 Å². The summed E-state index contributed by atoms with van der Waals surface area (Å²) in [5, 5.41) is 6.70. The molecule has 6 heteroatoms. The lowest BCUT2D eigenvalue weighted by Gasteiger charge is -2.33. The minimum absolute atomic E-state index is 0.0230. The van der Waals surface area contributed by atoms with E-state index >= 15 is 0 Å². The number of anilines is 2. The molecule has 3 aromatic rings. The normalized spacial score (nSPS) is 11.8. The first-order valence-electron chi connectivity index (χ1n) is 10.8. The van der Waals surface area contributed by atoms with Crippen LogP contribution >= 0.6 is 0 Å². The lowest BCUT2D eigenvalue weighted by molar-refractivity contribution is -0.168. The van der Waals surface area contributed by atoms with Crippen LogP contribution in [0.1, 0.15) is 23.6 Å². The number of nitrogens with one attached hydrogen (secondary N) is 2. The SMILES string of the molecule is COC(=O)C(CNc1ccccc1)(CC(Nc1ccccc1)c1ccc(C)cc1)C(=O)OC. The van der Waals surface area contributed by atoms with Crippen LogP contribution in [0.15, 0.2) is 84.9 Å². The summed E-state index contributed by atoms with van der Waals surface area (Å²) in [6.07, 6.45) is 0.129. The molecule has 172 valence electrons. The van der Waals surface area contributed by atoms with E-state index in [0.717, 1.165) is 22.5 Å². The minimum Gasteiger partial charge on any atom is -0.468 e. The summed E-state index contributed by atoms with van der Waals surface area (Å²) < 4.78 is 10.3. The summed E-state index contributed by atoms with van der Waals surface area (Å²) in [5.74, 6) is -1.30. The zero-order chi connectivity index (χ0) is 23.7. The zero-order valence-electron chi connectivity index (χ0n) is 19.2. The van der Waals surface area contributed by atoms with E-state index < -0.39 is 17.4 Å². The second-order valence-corrected chi connectivity index (χ2v) is 7.96. The van der Waals surface area contributed by atoms with Gasteiger partial charge in [-0.1, -0.05) is 66.2 Å². The lowest BCUT2D eigenvalue weighted by Crippen LogP contribution is -2.48. The second kappa shape index (κ2) is 11.2. The van der Waals surface area contributed by atoms with E-state index in [-0.39, 0.29) is 19.0 Å². The number of rotatable bonds is 10. The Morgan fingerprint density at radius 1 is 0.788 bits per heavy atom. The molecule has 1 unspecified atom stereocenters. The second-order valence-electron chi connectivity index (χ2n) is 7.96. The highest BCUT2D eigenvalue weighted by molar-refractivity contribution is 6.01. The number of hydrogen-bond acceptors (Lipinski definition) is 6. The highest BCUT2D eigenvalue weighted by Gasteiger charge is 2.50. The van der Waals surface area contributed by atoms with E-state index in [2.05, 4.69) is 10.6 Å². The Kier molecular flexibility index (Phi) is 8.08. The third-order valence-electron chi connectivity index (χ3n) is 5.67. The van der Waals surface area contributed by atoms with Crippen LogP contribution < -0.4 is 10.6 Å². The lowest BCUT2D eigenvalue weighted by atomic mass is 9.79. The first-order chi connectivity index (χ1) is 16.0. The maximum absolute atomic E-state index is 13.1. The highest BCUT2D eigenvalue weighted by atomic mass is 16.5. The predicted octanol–water partition coefficient (Wildman–Crippen LogP) is 4.98. The topological polar surface area (TPSA) is 76.7 Å². The van der Waals surface area contributed by atoms with Crippen LogP contribution in [0.25, 0.3) is 0 Å². The standard InChI is InChI=1S/C27H30N2O4/c1-20-14-16-21(17-15-20)24(29-23-12-8-5-9-13-23)18-27(25(30)32-2,26(31)33-3)19-28-22-10-6-4-7-11-22/h4-17,24,28-29H,18-19H2,1-3H3. The summed E-state index contributed by atoms with van der Waals surface area (Å²) in [4.78, 5) is 26.3. The molecule has 0 aliphatic carbocycles. The van der Waals surface area contributed by atoms with Crippen molar-refractivity contribution in [1.82, 2.24) is 0 Å². The van der Waals surface area contributed by atoms with Gasteiger partial charge in [-0.2, -0.15) is 0 Å². The van der Waals surface area contributed by atoms with Gasteiger partial charge in [-0.25, -0.2) is 0 Å². The highest BCUT2D eigenvalue weighted by Crippen LogP contribution is 2.36. The fourth-order valence-corrected chi connectivity index (χ4v) is 3.80. The third kappa shape index (κ3) is 5.92. The molecule has 0 fully saturated rings. The Hall–Kier alpha value is -3.80. The van der Waals surface area contributed by atoms with Gasteiger partial charge >= 0.3 is 11.9 Å². The molecule has 0 radical (unpaired) electrons. The van der Waals surface area contributed by atoms with Gasteiger partial charge in [0.25, 0.3) is 0 Å². The van der Waals surface area contributed by atoms with Crippen molar-refractivity contribution in [3.63, 3.8) is 0 Å². The maximum atomic E-state index is 13.1. The molecule has 0 aromatic heterocycles. The maximum Gasteiger partial charge on any atom is 0.325 e. The molecule has 6 nitrogen and oxygen atoms in total. The van der Waals surface area contributed by atoms with Crippen LogP contribution in [0.5, 0.6) is 0 Å². The molecule has 2 N–H and O–H groups in total. The predicted molar refractivity (Wildman–Crippen MR) is 130 cm³/mol. The monoisotopic (exact) mass is 446 g/mol. The van der Waals surface area contributed by atoms with Crippen LogP contribution in [0.2, 0.25) is 0 Å². The quantitative estimate of drug-likeness (QED) is 0.338. The summed E-state index contributed by atoms with van der Waals surface area (Å²) in [6.45, 7) is 2.04. The number of esters is 2. The molecule has 0 saturated heterocycles. The summed E-state index contributed by atoms with van der Waals surface area (Å²) in [6, 6.07) is 26.8. The van der Waals surface area contributed by atoms with E-state index in [1.165, 1.54) is 14.2 Å². The Bertz CT molecular complexity index is 1020. The fraction of sp³-hybridized carbons (Fsp3) is 0.259. The number of hydrogen-bond donors (Lipinski definition) is 2. The zero-order valence-corrected chi connectivity index (χ0v) is 19.2. The summed E-state index contributed by atoms with van der Waals surface area (Å²) in [7, 11) is 2.57. The van der Waals surface area contributed by atoms with Crippen molar-refractivity contribution >= 4 is 23.3 Å². The molecule has 33 heavy (non-hydrogen) atoms. The van der Waals surface area contributed by atoms with E-state index in [9.17, 15) is 9.59 Å². The number of carbonyl (C=O) groups excluding carboxylic acids is 2. The van der Waals surface area contributed by atoms with Crippen molar-refractivity contribution < 1.29 is 19.1 Å². The Morgan fingerprint density at radius 3 is 1.82 bits per heavy atom. The van der Waals surface area contributed by atoms with Gasteiger partial charge in [0.05, 0.1) is 20.3 Å². The smallest absolute Gasteiger partial charge is 0.325 e. The van der Waals surface area contributed by atoms with Crippen molar-refractivity contribution in [2.24, 2.45) is 5.41 Å². The number of methoxy groups -OCH3 is 2. The van der Waals surface area contributed by atoms with Gasteiger partial charge < -0.3 is 20.1 Å². The molecule has 0 spiro atoms. The molecule has 0 bridgehead atoms. The van der Waals surface area contributed by atoms with Gasteiger partial charge in [0, 0.05) is 24.3 Å². The average Bonchev–Trinajstić information content (AvgIpc) is 2.86. The first kappa shape index (κ1) is 23.9. The molecule has 1 atom stereocenters. The molecule has 0 aliphatic heterocycles. The number of benzene rings is 3.